The molecule has 1 spiro atoms. The van der Waals surface area contributed by atoms with Gasteiger partial charge < -0.3 is 14.2 Å². The van der Waals surface area contributed by atoms with Gasteiger partial charge in [-0.2, -0.15) is 0 Å². The molecule has 4 heteroatoms. The summed E-state index contributed by atoms with van der Waals surface area (Å²) >= 11 is 0. The molecular weight excluding hydrogens is 220 g/mol. The maximum absolute atomic E-state index is 11.2. The Morgan fingerprint density at radius 3 is 2.88 bits per heavy atom. The number of esters is 1. The topological polar surface area (TPSA) is 44.8 Å². The van der Waals surface area contributed by atoms with Gasteiger partial charge in [0.2, 0.25) is 0 Å². The molecule has 1 saturated heterocycles. The minimum absolute atomic E-state index is 0.113. The third kappa shape index (κ3) is 3.30. The Morgan fingerprint density at radius 1 is 1.41 bits per heavy atom. The molecule has 2 fully saturated rings. The fraction of sp³-hybridized carbons (Fsp3) is 0.769. The lowest BCUT2D eigenvalue weighted by Gasteiger charge is -2.31. The molecule has 1 heterocycles. The maximum atomic E-state index is 11.2. The van der Waals surface area contributed by atoms with Gasteiger partial charge in [-0.25, -0.2) is 4.79 Å². The Labute approximate surface area is 102 Å². The average Bonchev–Trinajstić information content (AvgIpc) is 2.71. The number of carbonyl (C=O) groups is 1. The molecule has 2 rings (SSSR count). The standard InChI is InChI=1S/C13H20O4/c1-2-15-12(14)7-6-11-10-16-13(17-11)8-4-3-5-9-13/h6-7,11H,2-5,8-10H2,1H3/b7-6+. The molecule has 17 heavy (non-hydrogen) atoms. The van der Waals surface area contributed by atoms with E-state index in [9.17, 15) is 4.79 Å². The summed E-state index contributed by atoms with van der Waals surface area (Å²) in [5.74, 6) is -0.692. The molecule has 1 aliphatic heterocycles. The van der Waals surface area contributed by atoms with Crippen LogP contribution in [-0.4, -0.2) is 31.1 Å². The molecule has 0 radical (unpaired) electrons. The summed E-state index contributed by atoms with van der Waals surface area (Å²) < 4.78 is 16.5. The first-order valence-electron chi connectivity index (χ1n) is 6.41. The summed E-state index contributed by atoms with van der Waals surface area (Å²) in [5.41, 5.74) is 0. The highest BCUT2D eigenvalue weighted by Gasteiger charge is 2.41. The SMILES string of the molecule is CCOC(=O)/C=C/C1COC2(CCCCC2)O1. The highest BCUT2D eigenvalue weighted by molar-refractivity contribution is 5.81. The van der Waals surface area contributed by atoms with Crippen molar-refractivity contribution in [2.45, 2.75) is 50.9 Å². The second-order valence-electron chi connectivity index (χ2n) is 4.55. The lowest BCUT2D eigenvalue weighted by Crippen LogP contribution is -2.33. The first-order valence-corrected chi connectivity index (χ1v) is 6.41. The van der Waals surface area contributed by atoms with Crippen molar-refractivity contribution in [3.8, 4) is 0 Å². The Hall–Kier alpha value is -0.870. The van der Waals surface area contributed by atoms with Crippen LogP contribution >= 0.6 is 0 Å². The molecule has 2 aliphatic rings. The molecule has 0 aromatic heterocycles. The molecule has 0 aromatic rings. The van der Waals surface area contributed by atoms with Gasteiger partial charge in [-0.05, 0) is 25.8 Å². The van der Waals surface area contributed by atoms with Gasteiger partial charge in [0.1, 0.15) is 6.10 Å². The summed E-state index contributed by atoms with van der Waals surface area (Å²) in [7, 11) is 0. The van der Waals surface area contributed by atoms with Crippen molar-refractivity contribution in [1.82, 2.24) is 0 Å². The Bertz CT molecular complexity index is 292. The normalized spacial score (nSPS) is 27.7. The van der Waals surface area contributed by atoms with Crippen LogP contribution in [0, 0.1) is 0 Å². The molecule has 1 unspecified atom stereocenters. The van der Waals surface area contributed by atoms with E-state index in [1.165, 1.54) is 12.5 Å². The van der Waals surface area contributed by atoms with Crippen LogP contribution in [0.15, 0.2) is 12.2 Å². The van der Waals surface area contributed by atoms with Crippen LogP contribution in [0.4, 0.5) is 0 Å². The van der Waals surface area contributed by atoms with Crippen LogP contribution in [-0.2, 0) is 19.0 Å². The second kappa shape index (κ2) is 5.65. The number of hydrogen-bond acceptors (Lipinski definition) is 4. The molecule has 1 aliphatic carbocycles. The van der Waals surface area contributed by atoms with Crippen molar-refractivity contribution in [3.05, 3.63) is 12.2 Å². The van der Waals surface area contributed by atoms with Crippen molar-refractivity contribution in [3.63, 3.8) is 0 Å². The molecule has 0 aromatic carbocycles. The van der Waals surface area contributed by atoms with Gasteiger partial charge in [0.15, 0.2) is 5.79 Å². The van der Waals surface area contributed by atoms with Crippen LogP contribution in [0.1, 0.15) is 39.0 Å². The molecule has 0 amide bonds. The predicted molar refractivity (Wildman–Crippen MR) is 62.4 cm³/mol. The van der Waals surface area contributed by atoms with Crippen molar-refractivity contribution in [2.75, 3.05) is 13.2 Å². The third-order valence-electron chi connectivity index (χ3n) is 3.23. The number of hydrogen-bond donors (Lipinski definition) is 0. The summed E-state index contributed by atoms with van der Waals surface area (Å²) in [6, 6.07) is 0. The van der Waals surface area contributed by atoms with Crippen molar-refractivity contribution in [2.24, 2.45) is 0 Å². The highest BCUT2D eigenvalue weighted by atomic mass is 16.7. The number of carbonyl (C=O) groups excluding carboxylic acids is 1. The van der Waals surface area contributed by atoms with Gasteiger partial charge in [-0.3, -0.25) is 0 Å². The minimum atomic E-state index is -0.373. The number of ether oxygens (including phenoxy) is 3. The van der Waals surface area contributed by atoms with Crippen molar-refractivity contribution < 1.29 is 19.0 Å². The van der Waals surface area contributed by atoms with E-state index in [-0.39, 0.29) is 17.9 Å². The average molecular weight is 240 g/mol. The van der Waals surface area contributed by atoms with Crippen molar-refractivity contribution >= 4 is 5.97 Å². The molecular formula is C13H20O4. The van der Waals surface area contributed by atoms with E-state index in [2.05, 4.69) is 0 Å². The van der Waals surface area contributed by atoms with E-state index < -0.39 is 0 Å². The van der Waals surface area contributed by atoms with E-state index >= 15 is 0 Å². The van der Waals surface area contributed by atoms with E-state index in [0.29, 0.717) is 13.2 Å². The fourth-order valence-corrected chi connectivity index (χ4v) is 2.40. The van der Waals surface area contributed by atoms with Crippen molar-refractivity contribution in [1.29, 1.82) is 0 Å². The summed E-state index contributed by atoms with van der Waals surface area (Å²) in [5, 5.41) is 0. The fourth-order valence-electron chi connectivity index (χ4n) is 2.40. The van der Waals surface area contributed by atoms with E-state index in [1.807, 2.05) is 0 Å². The van der Waals surface area contributed by atoms with Crippen LogP contribution in [0.5, 0.6) is 0 Å². The van der Waals surface area contributed by atoms with Gasteiger partial charge >= 0.3 is 5.97 Å². The lowest BCUT2D eigenvalue weighted by atomic mass is 9.94. The van der Waals surface area contributed by atoms with Crippen LogP contribution in [0.25, 0.3) is 0 Å². The Morgan fingerprint density at radius 2 is 2.18 bits per heavy atom. The smallest absolute Gasteiger partial charge is 0.330 e. The van der Waals surface area contributed by atoms with Crippen LogP contribution < -0.4 is 0 Å². The van der Waals surface area contributed by atoms with Gasteiger partial charge in [0.25, 0.3) is 0 Å². The van der Waals surface area contributed by atoms with E-state index in [0.717, 1.165) is 25.7 Å². The largest absolute Gasteiger partial charge is 0.463 e. The Balaban J connectivity index is 1.83. The summed E-state index contributed by atoms with van der Waals surface area (Å²) in [4.78, 5) is 11.2. The highest BCUT2D eigenvalue weighted by Crippen LogP contribution is 2.37. The van der Waals surface area contributed by atoms with Gasteiger partial charge in [0.05, 0.1) is 13.2 Å². The predicted octanol–water partition coefficient (Wildman–Crippen LogP) is 2.18. The molecule has 1 atom stereocenters. The monoisotopic (exact) mass is 240 g/mol. The minimum Gasteiger partial charge on any atom is -0.463 e. The second-order valence-corrected chi connectivity index (χ2v) is 4.55. The summed E-state index contributed by atoms with van der Waals surface area (Å²) in [6.45, 7) is 2.73. The lowest BCUT2D eigenvalue weighted by molar-refractivity contribution is -0.183. The van der Waals surface area contributed by atoms with Gasteiger partial charge in [-0.1, -0.05) is 6.42 Å². The molecule has 96 valence electrons. The first kappa shape index (κ1) is 12.6. The van der Waals surface area contributed by atoms with E-state index in [4.69, 9.17) is 14.2 Å². The zero-order valence-corrected chi connectivity index (χ0v) is 10.3. The molecule has 1 saturated carbocycles. The third-order valence-corrected chi connectivity index (χ3v) is 3.23. The zero-order valence-electron chi connectivity index (χ0n) is 10.3. The first-order chi connectivity index (χ1) is 8.24. The summed E-state index contributed by atoms with van der Waals surface area (Å²) in [6.07, 6.45) is 8.58. The quantitative estimate of drug-likeness (QED) is 0.560. The Kier molecular flexibility index (Phi) is 4.18. The van der Waals surface area contributed by atoms with Crippen LogP contribution in [0.3, 0.4) is 0 Å². The van der Waals surface area contributed by atoms with Gasteiger partial charge in [-0.15, -0.1) is 0 Å². The molecule has 4 nitrogen and oxygen atoms in total. The van der Waals surface area contributed by atoms with Gasteiger partial charge in [0, 0.05) is 18.9 Å². The number of rotatable bonds is 3. The van der Waals surface area contributed by atoms with E-state index in [1.54, 1.807) is 13.0 Å². The maximum Gasteiger partial charge on any atom is 0.330 e. The zero-order chi connectivity index (χ0) is 12.1. The molecule has 0 bridgehead atoms. The molecule has 0 N–H and O–H groups in total. The van der Waals surface area contributed by atoms with Crippen LogP contribution in [0.2, 0.25) is 0 Å².